The van der Waals surface area contributed by atoms with Crippen LogP contribution in [0.25, 0.3) is 10.1 Å². The van der Waals surface area contributed by atoms with Crippen molar-refractivity contribution in [2.45, 2.75) is 18.8 Å². The second kappa shape index (κ2) is 3.57. The second-order valence-corrected chi connectivity index (χ2v) is 6.03. The van der Waals surface area contributed by atoms with E-state index in [4.69, 9.17) is 0 Å². The minimum absolute atomic E-state index is 0.467. The van der Waals surface area contributed by atoms with Crippen LogP contribution in [0.5, 0.6) is 0 Å². The van der Waals surface area contributed by atoms with Gasteiger partial charge < -0.3 is 5.11 Å². The molecule has 0 radical (unpaired) electrons. The van der Waals surface area contributed by atoms with Crippen LogP contribution < -0.4 is 0 Å². The number of aromatic carboxylic acids is 1. The molecule has 1 heterocycles. The highest BCUT2D eigenvalue weighted by molar-refractivity contribution is 9.10. The van der Waals surface area contributed by atoms with Crippen LogP contribution in [-0.4, -0.2) is 11.1 Å². The number of benzene rings is 1. The Morgan fingerprint density at radius 1 is 1.44 bits per heavy atom. The first-order chi connectivity index (χ1) is 7.66. The Bertz CT molecular complexity index is 584. The first-order valence-electron chi connectivity index (χ1n) is 5.12. The lowest BCUT2D eigenvalue weighted by molar-refractivity contribution is 0.0701. The Morgan fingerprint density at radius 3 is 2.81 bits per heavy atom. The van der Waals surface area contributed by atoms with E-state index in [1.54, 1.807) is 0 Å². The summed E-state index contributed by atoms with van der Waals surface area (Å²) in [5.41, 5.74) is 1.05. The lowest BCUT2D eigenvalue weighted by Crippen LogP contribution is -1.96. The second-order valence-electron chi connectivity index (χ2n) is 4.06. The van der Waals surface area contributed by atoms with Gasteiger partial charge in [0.25, 0.3) is 0 Å². The Kier molecular flexibility index (Phi) is 2.30. The van der Waals surface area contributed by atoms with Crippen LogP contribution >= 0.6 is 27.3 Å². The molecule has 2 aromatic rings. The van der Waals surface area contributed by atoms with Crippen LogP contribution in [0.2, 0.25) is 0 Å². The molecule has 2 nitrogen and oxygen atoms in total. The van der Waals surface area contributed by atoms with E-state index in [1.807, 2.05) is 18.2 Å². The van der Waals surface area contributed by atoms with E-state index in [1.165, 1.54) is 11.3 Å². The van der Waals surface area contributed by atoms with Gasteiger partial charge in [-0.15, -0.1) is 11.3 Å². The molecule has 0 spiro atoms. The molecule has 1 aromatic heterocycles. The Hall–Kier alpha value is -0.870. The van der Waals surface area contributed by atoms with Crippen LogP contribution in [-0.2, 0) is 0 Å². The average molecular weight is 297 g/mol. The predicted octanol–water partition coefficient (Wildman–Crippen LogP) is 4.24. The lowest BCUT2D eigenvalue weighted by atomic mass is 10.1. The third kappa shape index (κ3) is 1.57. The van der Waals surface area contributed by atoms with Crippen molar-refractivity contribution in [1.29, 1.82) is 0 Å². The molecule has 1 aromatic carbocycles. The summed E-state index contributed by atoms with van der Waals surface area (Å²) in [5, 5.41) is 10.3. The number of hydrogen-bond donors (Lipinski definition) is 1. The fraction of sp³-hybridized carbons (Fsp3) is 0.250. The van der Waals surface area contributed by atoms with Gasteiger partial charge in [-0.25, -0.2) is 4.79 Å². The van der Waals surface area contributed by atoms with Crippen molar-refractivity contribution in [1.82, 2.24) is 0 Å². The van der Waals surface area contributed by atoms with E-state index in [0.717, 1.165) is 33.0 Å². The summed E-state index contributed by atoms with van der Waals surface area (Å²) in [6.45, 7) is 0. The molecule has 16 heavy (non-hydrogen) atoms. The van der Waals surface area contributed by atoms with Crippen molar-refractivity contribution in [3.8, 4) is 0 Å². The summed E-state index contributed by atoms with van der Waals surface area (Å²) in [5.74, 6) is -0.326. The number of fused-ring (bicyclic) bond motifs is 1. The normalized spacial score (nSPS) is 15.6. The monoisotopic (exact) mass is 296 g/mol. The van der Waals surface area contributed by atoms with Gasteiger partial charge in [-0.2, -0.15) is 0 Å². The van der Waals surface area contributed by atoms with E-state index in [0.29, 0.717) is 10.8 Å². The maximum absolute atomic E-state index is 11.2. The van der Waals surface area contributed by atoms with Crippen LogP contribution in [0.1, 0.15) is 34.0 Å². The summed E-state index contributed by atoms with van der Waals surface area (Å²) in [6, 6.07) is 5.98. The highest BCUT2D eigenvalue weighted by atomic mass is 79.9. The molecular weight excluding hydrogens is 288 g/mol. The van der Waals surface area contributed by atoms with E-state index < -0.39 is 5.97 Å². The molecule has 0 unspecified atom stereocenters. The maximum Gasteiger partial charge on any atom is 0.346 e. The highest BCUT2D eigenvalue weighted by Gasteiger charge is 2.31. The SMILES string of the molecule is O=C(O)c1sc2ccc(Br)cc2c1C1CC1. The van der Waals surface area contributed by atoms with Gasteiger partial charge in [0.05, 0.1) is 0 Å². The summed E-state index contributed by atoms with van der Waals surface area (Å²) in [7, 11) is 0. The van der Waals surface area contributed by atoms with Crippen molar-refractivity contribution in [2.75, 3.05) is 0 Å². The van der Waals surface area contributed by atoms with E-state index in [2.05, 4.69) is 15.9 Å². The van der Waals surface area contributed by atoms with Crippen molar-refractivity contribution in [3.63, 3.8) is 0 Å². The summed E-state index contributed by atoms with van der Waals surface area (Å²) in [4.78, 5) is 11.7. The molecule has 0 saturated heterocycles. The fourth-order valence-corrected chi connectivity index (χ4v) is 3.49. The van der Waals surface area contributed by atoms with Crippen molar-refractivity contribution < 1.29 is 9.90 Å². The Labute approximate surface area is 105 Å². The molecule has 0 atom stereocenters. The van der Waals surface area contributed by atoms with Gasteiger partial charge in [0.1, 0.15) is 4.88 Å². The Balaban J connectivity index is 2.33. The van der Waals surface area contributed by atoms with Crippen LogP contribution in [0, 0.1) is 0 Å². The topological polar surface area (TPSA) is 37.3 Å². The van der Waals surface area contributed by atoms with Crippen molar-refractivity contribution in [2.24, 2.45) is 0 Å². The molecule has 0 aliphatic heterocycles. The number of thiophene rings is 1. The minimum atomic E-state index is -0.792. The van der Waals surface area contributed by atoms with Crippen LogP contribution in [0.3, 0.4) is 0 Å². The van der Waals surface area contributed by atoms with E-state index in [-0.39, 0.29) is 0 Å². The number of carboxylic acid groups (broad SMARTS) is 1. The minimum Gasteiger partial charge on any atom is -0.477 e. The smallest absolute Gasteiger partial charge is 0.346 e. The van der Waals surface area contributed by atoms with Gasteiger partial charge in [-0.05, 0) is 47.9 Å². The number of carboxylic acids is 1. The largest absolute Gasteiger partial charge is 0.477 e. The zero-order valence-electron chi connectivity index (χ0n) is 8.37. The third-order valence-corrected chi connectivity index (χ3v) is 4.54. The quantitative estimate of drug-likeness (QED) is 0.900. The first kappa shape index (κ1) is 10.3. The molecular formula is C12H9BrO2S. The molecule has 1 aliphatic carbocycles. The predicted molar refractivity (Wildman–Crippen MR) is 68.5 cm³/mol. The molecule has 82 valence electrons. The number of rotatable bonds is 2. The molecule has 4 heteroatoms. The maximum atomic E-state index is 11.2. The summed E-state index contributed by atoms with van der Waals surface area (Å²) < 4.78 is 2.08. The molecule has 1 aliphatic rings. The van der Waals surface area contributed by atoms with Crippen molar-refractivity contribution in [3.05, 3.63) is 33.1 Å². The number of hydrogen-bond acceptors (Lipinski definition) is 2. The van der Waals surface area contributed by atoms with Gasteiger partial charge in [0.2, 0.25) is 0 Å². The third-order valence-electron chi connectivity index (χ3n) is 2.87. The standard InChI is InChI=1S/C12H9BrO2S/c13-7-3-4-9-8(5-7)10(6-1-2-6)11(16-9)12(14)15/h3-6H,1-2H2,(H,14,15). The molecule has 1 saturated carbocycles. The summed E-state index contributed by atoms with van der Waals surface area (Å²) in [6.07, 6.45) is 2.25. The zero-order valence-corrected chi connectivity index (χ0v) is 10.8. The fourth-order valence-electron chi connectivity index (χ4n) is 2.03. The van der Waals surface area contributed by atoms with Gasteiger partial charge in [0.15, 0.2) is 0 Å². The number of carbonyl (C=O) groups is 1. The van der Waals surface area contributed by atoms with Gasteiger partial charge in [-0.1, -0.05) is 15.9 Å². The van der Waals surface area contributed by atoms with Gasteiger partial charge in [-0.3, -0.25) is 0 Å². The van der Waals surface area contributed by atoms with Crippen molar-refractivity contribution >= 4 is 43.3 Å². The average Bonchev–Trinajstić information content (AvgIpc) is 2.99. The number of halogens is 1. The Morgan fingerprint density at radius 2 is 2.19 bits per heavy atom. The molecule has 1 fully saturated rings. The molecule has 0 bridgehead atoms. The summed E-state index contributed by atoms with van der Waals surface area (Å²) >= 11 is 4.83. The van der Waals surface area contributed by atoms with Crippen LogP contribution in [0.15, 0.2) is 22.7 Å². The molecule has 0 amide bonds. The van der Waals surface area contributed by atoms with Gasteiger partial charge in [0, 0.05) is 9.17 Å². The molecule has 3 rings (SSSR count). The highest BCUT2D eigenvalue weighted by Crippen LogP contribution is 2.48. The first-order valence-corrected chi connectivity index (χ1v) is 6.73. The zero-order chi connectivity index (χ0) is 11.3. The lowest BCUT2D eigenvalue weighted by Gasteiger charge is -1.98. The molecule has 1 N–H and O–H groups in total. The van der Waals surface area contributed by atoms with E-state index >= 15 is 0 Å². The van der Waals surface area contributed by atoms with E-state index in [9.17, 15) is 9.90 Å². The van der Waals surface area contributed by atoms with Gasteiger partial charge >= 0.3 is 5.97 Å². The van der Waals surface area contributed by atoms with Crippen LogP contribution in [0.4, 0.5) is 0 Å².